The molecule has 0 spiro atoms. The van der Waals surface area contributed by atoms with Crippen LogP contribution in [-0.2, 0) is 9.47 Å². The number of hydrogen-bond donors (Lipinski definition) is 1. The molecule has 3 nitrogen and oxygen atoms in total. The van der Waals surface area contributed by atoms with Crippen LogP contribution in [0.2, 0.25) is 0 Å². The van der Waals surface area contributed by atoms with Gasteiger partial charge in [0, 0.05) is 32.4 Å². The Bertz CT molecular complexity index is 144. The molecule has 0 bridgehead atoms. The molecule has 0 saturated carbocycles. The van der Waals surface area contributed by atoms with Crippen molar-refractivity contribution in [2.75, 3.05) is 26.9 Å². The molecule has 14 heavy (non-hydrogen) atoms. The highest BCUT2D eigenvalue weighted by atomic mass is 16.5. The van der Waals surface area contributed by atoms with E-state index in [1.807, 2.05) is 0 Å². The van der Waals surface area contributed by atoms with Gasteiger partial charge in [0.15, 0.2) is 0 Å². The maximum absolute atomic E-state index is 5.33. The molecule has 1 unspecified atom stereocenters. The Balaban J connectivity index is 2.29. The summed E-state index contributed by atoms with van der Waals surface area (Å²) in [6, 6.07) is 1.09. The fourth-order valence-electron chi connectivity index (χ4n) is 1.78. The van der Waals surface area contributed by atoms with Crippen molar-refractivity contribution < 1.29 is 9.47 Å². The number of methoxy groups -OCH3 is 1. The molecule has 0 aromatic rings. The van der Waals surface area contributed by atoms with Crippen molar-refractivity contribution in [1.82, 2.24) is 5.32 Å². The smallest absolute Gasteiger partial charge is 0.0618 e. The second-order valence-electron chi connectivity index (χ2n) is 4.36. The van der Waals surface area contributed by atoms with Crippen LogP contribution >= 0.6 is 0 Å². The molecule has 0 aliphatic carbocycles. The third-order valence-corrected chi connectivity index (χ3v) is 2.82. The molecule has 1 rings (SSSR count). The Hall–Kier alpha value is -0.120. The fraction of sp³-hybridized carbons (Fsp3) is 1.00. The minimum absolute atomic E-state index is 0.475. The minimum atomic E-state index is 0.475. The van der Waals surface area contributed by atoms with Gasteiger partial charge in [-0.2, -0.15) is 0 Å². The van der Waals surface area contributed by atoms with Gasteiger partial charge < -0.3 is 14.8 Å². The molecule has 0 aromatic carbocycles. The van der Waals surface area contributed by atoms with E-state index in [9.17, 15) is 0 Å². The van der Waals surface area contributed by atoms with E-state index in [-0.39, 0.29) is 0 Å². The van der Waals surface area contributed by atoms with Gasteiger partial charge in [0.2, 0.25) is 0 Å². The maximum atomic E-state index is 5.33. The number of ether oxygens (including phenoxy) is 2. The van der Waals surface area contributed by atoms with Gasteiger partial charge in [-0.25, -0.2) is 0 Å². The SMILES string of the molecule is COCC(NC1CCOCC1)C(C)C. The first-order valence-corrected chi connectivity index (χ1v) is 5.56. The third kappa shape index (κ3) is 3.95. The average molecular weight is 201 g/mol. The molecule has 0 amide bonds. The molecular formula is C11H23NO2. The molecule has 1 fully saturated rings. The zero-order chi connectivity index (χ0) is 10.4. The van der Waals surface area contributed by atoms with Crippen LogP contribution in [0.15, 0.2) is 0 Å². The van der Waals surface area contributed by atoms with Crippen molar-refractivity contribution in [3.8, 4) is 0 Å². The van der Waals surface area contributed by atoms with Gasteiger partial charge in [0.25, 0.3) is 0 Å². The zero-order valence-corrected chi connectivity index (χ0v) is 9.58. The molecule has 1 saturated heterocycles. The topological polar surface area (TPSA) is 30.5 Å². The lowest BCUT2D eigenvalue weighted by molar-refractivity contribution is 0.0643. The summed E-state index contributed by atoms with van der Waals surface area (Å²) in [7, 11) is 1.76. The summed E-state index contributed by atoms with van der Waals surface area (Å²) in [5.74, 6) is 0.623. The van der Waals surface area contributed by atoms with E-state index in [0.29, 0.717) is 18.0 Å². The van der Waals surface area contributed by atoms with Crippen molar-refractivity contribution in [3.63, 3.8) is 0 Å². The van der Waals surface area contributed by atoms with Gasteiger partial charge in [0.05, 0.1) is 6.61 Å². The van der Waals surface area contributed by atoms with Crippen molar-refractivity contribution in [2.45, 2.75) is 38.8 Å². The predicted molar refractivity (Wildman–Crippen MR) is 57.5 cm³/mol. The normalized spacial score (nSPS) is 21.4. The van der Waals surface area contributed by atoms with Gasteiger partial charge in [-0.1, -0.05) is 13.8 Å². The van der Waals surface area contributed by atoms with Crippen LogP contribution < -0.4 is 5.32 Å². The number of rotatable bonds is 5. The summed E-state index contributed by atoms with van der Waals surface area (Å²) in [6.07, 6.45) is 2.26. The largest absolute Gasteiger partial charge is 0.383 e. The van der Waals surface area contributed by atoms with Crippen LogP contribution in [0, 0.1) is 5.92 Å². The minimum Gasteiger partial charge on any atom is -0.383 e. The first-order chi connectivity index (χ1) is 6.74. The third-order valence-electron chi connectivity index (χ3n) is 2.82. The van der Waals surface area contributed by atoms with Crippen molar-refractivity contribution in [1.29, 1.82) is 0 Å². The van der Waals surface area contributed by atoms with Crippen LogP contribution in [0.5, 0.6) is 0 Å². The Kier molecular flexibility index (Phi) is 5.45. The number of hydrogen-bond acceptors (Lipinski definition) is 3. The van der Waals surface area contributed by atoms with Crippen LogP contribution in [0.25, 0.3) is 0 Å². The van der Waals surface area contributed by atoms with Crippen molar-refractivity contribution in [2.24, 2.45) is 5.92 Å². The molecule has 0 aromatic heterocycles. The summed E-state index contributed by atoms with van der Waals surface area (Å²) in [5, 5.41) is 3.65. The quantitative estimate of drug-likeness (QED) is 0.730. The molecule has 84 valence electrons. The van der Waals surface area contributed by atoms with Gasteiger partial charge in [-0.05, 0) is 18.8 Å². The van der Waals surface area contributed by atoms with Crippen LogP contribution in [0.4, 0.5) is 0 Å². The predicted octanol–water partition coefficient (Wildman–Crippen LogP) is 1.43. The molecule has 1 atom stereocenters. The lowest BCUT2D eigenvalue weighted by atomic mass is 10.0. The van der Waals surface area contributed by atoms with Crippen LogP contribution in [0.3, 0.4) is 0 Å². The first-order valence-electron chi connectivity index (χ1n) is 5.56. The fourth-order valence-corrected chi connectivity index (χ4v) is 1.78. The molecule has 1 aliphatic heterocycles. The molecular weight excluding hydrogens is 178 g/mol. The Labute approximate surface area is 87.2 Å². The van der Waals surface area contributed by atoms with Gasteiger partial charge in [0.1, 0.15) is 0 Å². The monoisotopic (exact) mass is 201 g/mol. The Morgan fingerprint density at radius 3 is 2.50 bits per heavy atom. The van der Waals surface area contributed by atoms with Crippen molar-refractivity contribution in [3.05, 3.63) is 0 Å². The highest BCUT2D eigenvalue weighted by Gasteiger charge is 2.19. The van der Waals surface area contributed by atoms with Crippen LogP contribution in [-0.4, -0.2) is 39.0 Å². The molecule has 0 radical (unpaired) electrons. The van der Waals surface area contributed by atoms with Gasteiger partial charge in [-0.3, -0.25) is 0 Å². The highest BCUT2D eigenvalue weighted by Crippen LogP contribution is 2.10. The molecule has 1 aliphatic rings. The summed E-state index contributed by atoms with van der Waals surface area (Å²) in [6.45, 7) is 7.06. The Morgan fingerprint density at radius 1 is 1.36 bits per heavy atom. The highest BCUT2D eigenvalue weighted by molar-refractivity contribution is 4.78. The van der Waals surface area contributed by atoms with Gasteiger partial charge in [-0.15, -0.1) is 0 Å². The maximum Gasteiger partial charge on any atom is 0.0618 e. The summed E-state index contributed by atoms with van der Waals surface area (Å²) < 4.78 is 10.5. The van der Waals surface area contributed by atoms with Gasteiger partial charge >= 0.3 is 0 Å². The lowest BCUT2D eigenvalue weighted by Crippen LogP contribution is -2.46. The zero-order valence-electron chi connectivity index (χ0n) is 9.58. The standard InChI is InChI=1S/C11H23NO2/c1-9(2)11(8-13-3)12-10-4-6-14-7-5-10/h9-12H,4-8H2,1-3H3. The van der Waals surface area contributed by atoms with E-state index in [1.165, 1.54) is 0 Å². The second kappa shape index (κ2) is 6.38. The first kappa shape index (κ1) is 12.0. The van der Waals surface area contributed by atoms with E-state index < -0.39 is 0 Å². The number of nitrogens with one attached hydrogen (secondary N) is 1. The van der Waals surface area contributed by atoms with E-state index in [1.54, 1.807) is 7.11 Å². The van der Waals surface area contributed by atoms with Crippen molar-refractivity contribution >= 4 is 0 Å². The Morgan fingerprint density at radius 2 is 2.00 bits per heavy atom. The molecule has 1 N–H and O–H groups in total. The van der Waals surface area contributed by atoms with E-state index in [0.717, 1.165) is 32.7 Å². The van der Waals surface area contributed by atoms with E-state index >= 15 is 0 Å². The summed E-state index contributed by atoms with van der Waals surface area (Å²) in [4.78, 5) is 0. The van der Waals surface area contributed by atoms with E-state index in [2.05, 4.69) is 19.2 Å². The lowest BCUT2D eigenvalue weighted by Gasteiger charge is -2.30. The van der Waals surface area contributed by atoms with E-state index in [4.69, 9.17) is 9.47 Å². The molecule has 1 heterocycles. The molecule has 3 heteroatoms. The summed E-state index contributed by atoms with van der Waals surface area (Å²) >= 11 is 0. The van der Waals surface area contributed by atoms with Crippen LogP contribution in [0.1, 0.15) is 26.7 Å². The summed E-state index contributed by atoms with van der Waals surface area (Å²) in [5.41, 5.74) is 0. The average Bonchev–Trinajstić information content (AvgIpc) is 2.18. The second-order valence-corrected chi connectivity index (χ2v) is 4.36.